The lowest BCUT2D eigenvalue weighted by Gasteiger charge is -2.34. The van der Waals surface area contributed by atoms with E-state index in [9.17, 15) is 4.39 Å². The van der Waals surface area contributed by atoms with Crippen molar-refractivity contribution in [2.75, 3.05) is 6.61 Å². The van der Waals surface area contributed by atoms with Crippen molar-refractivity contribution in [3.63, 3.8) is 0 Å². The predicted octanol–water partition coefficient (Wildman–Crippen LogP) is 2.85. The number of nitriles is 1. The van der Waals surface area contributed by atoms with E-state index < -0.39 is 0 Å². The lowest BCUT2D eigenvalue weighted by Crippen LogP contribution is -2.33. The fourth-order valence-electron chi connectivity index (χ4n) is 1.85. The molecule has 1 aliphatic heterocycles. The van der Waals surface area contributed by atoms with Crippen LogP contribution in [0, 0.1) is 22.6 Å². The zero-order chi connectivity index (χ0) is 11.8. The van der Waals surface area contributed by atoms with Gasteiger partial charge in [0.1, 0.15) is 11.6 Å². The molecule has 0 N–H and O–H groups in total. The molecule has 0 amide bonds. The van der Waals surface area contributed by atoms with Crippen LogP contribution in [0.5, 0.6) is 5.75 Å². The van der Waals surface area contributed by atoms with Crippen LogP contribution < -0.4 is 4.74 Å². The minimum absolute atomic E-state index is 0.304. The standard InChI is InChI=1S/C13H12FNO/c1-9(7-15)13(2)6-10-3-4-11(14)5-12(10)16-8-13/h3-5H,1,6,8H2,2H3. The Morgan fingerprint density at radius 3 is 3.06 bits per heavy atom. The quantitative estimate of drug-likeness (QED) is 0.677. The molecule has 2 rings (SSSR count). The van der Waals surface area contributed by atoms with Gasteiger partial charge in [-0.25, -0.2) is 4.39 Å². The average Bonchev–Trinajstić information content (AvgIpc) is 2.28. The summed E-state index contributed by atoms with van der Waals surface area (Å²) in [5, 5.41) is 8.88. The number of halogens is 1. The van der Waals surface area contributed by atoms with E-state index in [0.717, 1.165) is 5.56 Å². The summed E-state index contributed by atoms with van der Waals surface area (Å²) in [5.41, 5.74) is 1.05. The number of rotatable bonds is 1. The maximum Gasteiger partial charge on any atom is 0.126 e. The van der Waals surface area contributed by atoms with Gasteiger partial charge in [-0.15, -0.1) is 0 Å². The van der Waals surface area contributed by atoms with E-state index in [1.165, 1.54) is 12.1 Å². The maximum atomic E-state index is 13.0. The van der Waals surface area contributed by atoms with Crippen LogP contribution in [0.4, 0.5) is 4.39 Å². The number of benzene rings is 1. The molecule has 0 radical (unpaired) electrons. The van der Waals surface area contributed by atoms with Crippen molar-refractivity contribution < 1.29 is 9.13 Å². The topological polar surface area (TPSA) is 33.0 Å². The SMILES string of the molecule is C=C(C#N)C1(C)COc2cc(F)ccc2C1. The minimum Gasteiger partial charge on any atom is -0.492 e. The van der Waals surface area contributed by atoms with Crippen LogP contribution in [-0.4, -0.2) is 6.61 Å². The molecule has 0 spiro atoms. The average molecular weight is 217 g/mol. The molecule has 0 fully saturated rings. The van der Waals surface area contributed by atoms with Gasteiger partial charge in [-0.3, -0.25) is 0 Å². The van der Waals surface area contributed by atoms with Crippen molar-refractivity contribution >= 4 is 0 Å². The Balaban J connectivity index is 2.35. The van der Waals surface area contributed by atoms with Crippen molar-refractivity contribution in [2.24, 2.45) is 5.41 Å². The third kappa shape index (κ3) is 1.67. The molecule has 0 bridgehead atoms. The Kier molecular flexibility index (Phi) is 2.43. The van der Waals surface area contributed by atoms with Crippen LogP contribution in [0.3, 0.4) is 0 Å². The summed E-state index contributed by atoms with van der Waals surface area (Å²) in [5.74, 6) is 0.268. The molecule has 0 aliphatic carbocycles. The van der Waals surface area contributed by atoms with Crippen LogP contribution in [0.15, 0.2) is 30.4 Å². The normalized spacial score (nSPS) is 22.8. The van der Waals surface area contributed by atoms with Gasteiger partial charge in [-0.1, -0.05) is 19.6 Å². The summed E-state index contributed by atoms with van der Waals surface area (Å²) >= 11 is 0. The van der Waals surface area contributed by atoms with Crippen LogP contribution >= 0.6 is 0 Å². The fraction of sp³-hybridized carbons (Fsp3) is 0.308. The second kappa shape index (κ2) is 3.64. The van der Waals surface area contributed by atoms with Crippen molar-refractivity contribution in [1.82, 2.24) is 0 Å². The van der Waals surface area contributed by atoms with Crippen LogP contribution in [0.25, 0.3) is 0 Å². The molecule has 82 valence electrons. The highest BCUT2D eigenvalue weighted by Crippen LogP contribution is 2.38. The Labute approximate surface area is 94.0 Å². The van der Waals surface area contributed by atoms with Gasteiger partial charge in [0.25, 0.3) is 0 Å². The number of hydrogen-bond acceptors (Lipinski definition) is 2. The van der Waals surface area contributed by atoms with Crippen LogP contribution in [0.1, 0.15) is 12.5 Å². The summed E-state index contributed by atoms with van der Waals surface area (Å²) in [6, 6.07) is 6.55. The lowest BCUT2D eigenvalue weighted by molar-refractivity contribution is 0.173. The molecule has 0 aromatic heterocycles. The molecule has 1 aromatic rings. The molecule has 2 nitrogen and oxygen atoms in total. The molecule has 1 atom stereocenters. The summed E-state index contributed by atoms with van der Waals surface area (Å²) < 4.78 is 18.5. The second-order valence-corrected chi connectivity index (χ2v) is 4.37. The van der Waals surface area contributed by atoms with Crippen molar-refractivity contribution in [2.45, 2.75) is 13.3 Å². The van der Waals surface area contributed by atoms with E-state index in [4.69, 9.17) is 10.00 Å². The van der Waals surface area contributed by atoms with Gasteiger partial charge in [0.2, 0.25) is 0 Å². The van der Waals surface area contributed by atoms with E-state index in [-0.39, 0.29) is 11.2 Å². The van der Waals surface area contributed by atoms with Gasteiger partial charge in [0, 0.05) is 17.1 Å². The molecule has 1 heterocycles. The molecule has 16 heavy (non-hydrogen) atoms. The first-order valence-corrected chi connectivity index (χ1v) is 5.06. The molecule has 0 saturated heterocycles. The fourth-order valence-corrected chi connectivity index (χ4v) is 1.85. The first-order chi connectivity index (χ1) is 7.55. The lowest BCUT2D eigenvalue weighted by atomic mass is 9.77. The van der Waals surface area contributed by atoms with E-state index in [2.05, 4.69) is 12.6 Å². The van der Waals surface area contributed by atoms with E-state index in [1.807, 2.05) is 6.92 Å². The maximum absolute atomic E-state index is 13.0. The smallest absolute Gasteiger partial charge is 0.126 e. The van der Waals surface area contributed by atoms with Gasteiger partial charge in [-0.2, -0.15) is 5.26 Å². The van der Waals surface area contributed by atoms with Gasteiger partial charge < -0.3 is 4.74 Å². The van der Waals surface area contributed by atoms with Gasteiger partial charge in [0.05, 0.1) is 12.7 Å². The third-order valence-electron chi connectivity index (χ3n) is 3.02. The van der Waals surface area contributed by atoms with Gasteiger partial charge in [-0.05, 0) is 18.1 Å². The van der Waals surface area contributed by atoms with Crippen LogP contribution in [-0.2, 0) is 6.42 Å². The second-order valence-electron chi connectivity index (χ2n) is 4.37. The Hall–Kier alpha value is -1.82. The van der Waals surface area contributed by atoms with Crippen LogP contribution in [0.2, 0.25) is 0 Å². The summed E-state index contributed by atoms with van der Waals surface area (Å²) in [6.07, 6.45) is 0.662. The van der Waals surface area contributed by atoms with E-state index in [0.29, 0.717) is 24.4 Å². The highest BCUT2D eigenvalue weighted by molar-refractivity contribution is 5.40. The molecule has 1 unspecified atom stereocenters. The molecule has 3 heteroatoms. The van der Waals surface area contributed by atoms with Crippen molar-refractivity contribution in [3.05, 3.63) is 41.7 Å². The Morgan fingerprint density at radius 1 is 1.62 bits per heavy atom. The first-order valence-electron chi connectivity index (χ1n) is 5.06. The Morgan fingerprint density at radius 2 is 2.38 bits per heavy atom. The predicted molar refractivity (Wildman–Crippen MR) is 58.5 cm³/mol. The largest absolute Gasteiger partial charge is 0.492 e. The first kappa shape index (κ1) is 10.7. The number of ether oxygens (including phenoxy) is 1. The highest BCUT2D eigenvalue weighted by atomic mass is 19.1. The molecule has 1 aromatic carbocycles. The highest BCUT2D eigenvalue weighted by Gasteiger charge is 2.34. The minimum atomic E-state index is -0.375. The zero-order valence-corrected chi connectivity index (χ0v) is 9.09. The van der Waals surface area contributed by atoms with Crippen molar-refractivity contribution in [1.29, 1.82) is 5.26 Å². The molecule has 0 saturated carbocycles. The number of nitrogens with zero attached hydrogens (tertiary/aromatic N) is 1. The molecular formula is C13H12FNO. The molecular weight excluding hydrogens is 205 g/mol. The van der Waals surface area contributed by atoms with Gasteiger partial charge in [0.15, 0.2) is 0 Å². The summed E-state index contributed by atoms with van der Waals surface area (Å²) in [6.45, 7) is 6.05. The third-order valence-corrected chi connectivity index (χ3v) is 3.02. The van der Waals surface area contributed by atoms with Crippen molar-refractivity contribution in [3.8, 4) is 11.8 Å². The number of hydrogen-bond donors (Lipinski definition) is 0. The molecule has 1 aliphatic rings. The Bertz CT molecular complexity index is 489. The summed E-state index contributed by atoms with van der Waals surface area (Å²) in [7, 11) is 0. The van der Waals surface area contributed by atoms with Gasteiger partial charge >= 0.3 is 0 Å². The monoisotopic (exact) mass is 217 g/mol. The van der Waals surface area contributed by atoms with E-state index >= 15 is 0 Å². The zero-order valence-electron chi connectivity index (χ0n) is 9.09. The van der Waals surface area contributed by atoms with E-state index in [1.54, 1.807) is 6.07 Å². The summed E-state index contributed by atoms with van der Waals surface area (Å²) in [4.78, 5) is 0. The number of fused-ring (bicyclic) bond motifs is 1.